The maximum Gasteiger partial charge on any atom is 0.0841 e. The molecule has 0 fully saturated rings. The van der Waals surface area contributed by atoms with Crippen LogP contribution in [0.15, 0.2) is 23.6 Å². The van der Waals surface area contributed by atoms with E-state index in [4.69, 9.17) is 0 Å². The molecule has 0 spiro atoms. The summed E-state index contributed by atoms with van der Waals surface area (Å²) in [6.45, 7) is 13.1. The second kappa shape index (κ2) is 5.94. The largest absolute Gasteiger partial charge is 0.388 e. The molecule has 1 unspecified atom stereocenters. The number of benzene rings is 1. The van der Waals surface area contributed by atoms with Gasteiger partial charge in [0.1, 0.15) is 0 Å². The second-order valence-corrected chi connectivity index (χ2v) is 8.11. The molecule has 1 aromatic heterocycles. The molecule has 0 radical (unpaired) electrons. The van der Waals surface area contributed by atoms with Crippen molar-refractivity contribution in [2.24, 2.45) is 0 Å². The molecule has 1 N–H and O–H groups in total. The van der Waals surface area contributed by atoms with E-state index < -0.39 is 6.10 Å². The van der Waals surface area contributed by atoms with Crippen molar-refractivity contribution in [1.29, 1.82) is 0 Å². The highest BCUT2D eigenvalue weighted by Gasteiger charge is 2.19. The Balaban J connectivity index is 2.31. The van der Waals surface area contributed by atoms with Crippen molar-refractivity contribution in [3.8, 4) is 0 Å². The number of aryl methyl sites for hydroxylation is 3. The van der Waals surface area contributed by atoms with E-state index >= 15 is 0 Å². The van der Waals surface area contributed by atoms with Gasteiger partial charge in [-0.3, -0.25) is 0 Å². The third kappa shape index (κ3) is 3.56. The van der Waals surface area contributed by atoms with Crippen molar-refractivity contribution < 1.29 is 5.11 Å². The Morgan fingerprint density at radius 1 is 1.10 bits per heavy atom. The van der Waals surface area contributed by atoms with Crippen LogP contribution in [0.4, 0.5) is 0 Å². The molecule has 0 saturated carbocycles. The van der Waals surface area contributed by atoms with Gasteiger partial charge in [0.25, 0.3) is 0 Å². The minimum atomic E-state index is -0.408. The van der Waals surface area contributed by atoms with Gasteiger partial charge in [0.05, 0.1) is 6.10 Å². The van der Waals surface area contributed by atoms with Crippen LogP contribution in [0.1, 0.15) is 59.6 Å². The first-order chi connectivity index (χ1) is 9.70. The normalized spacial score (nSPS) is 13.5. The number of hydrogen-bond donors (Lipinski definition) is 1. The van der Waals surface area contributed by atoms with Gasteiger partial charge in [-0.2, -0.15) is 0 Å². The Labute approximate surface area is 132 Å². The molecule has 0 saturated heterocycles. The smallest absolute Gasteiger partial charge is 0.0841 e. The third-order valence-electron chi connectivity index (χ3n) is 4.22. The number of aliphatic hydroxyl groups excluding tert-OH is 1. The third-order valence-corrected chi connectivity index (χ3v) is 5.08. The van der Waals surface area contributed by atoms with Crippen molar-refractivity contribution in [3.05, 3.63) is 56.3 Å². The molecular formula is C19H26OS. The van der Waals surface area contributed by atoms with Crippen LogP contribution in [0, 0.1) is 20.8 Å². The fourth-order valence-electron chi connectivity index (χ4n) is 2.79. The zero-order valence-corrected chi connectivity index (χ0v) is 14.8. The quantitative estimate of drug-likeness (QED) is 0.821. The van der Waals surface area contributed by atoms with E-state index in [-0.39, 0.29) is 5.41 Å². The zero-order chi connectivity index (χ0) is 15.8. The van der Waals surface area contributed by atoms with Crippen molar-refractivity contribution in [3.63, 3.8) is 0 Å². The molecule has 114 valence electrons. The Kier molecular flexibility index (Phi) is 4.60. The Bertz CT molecular complexity index is 608. The van der Waals surface area contributed by atoms with Gasteiger partial charge < -0.3 is 5.11 Å². The fraction of sp³-hybridized carbons (Fsp3) is 0.474. The molecule has 1 aromatic carbocycles. The molecule has 2 rings (SSSR count). The number of thiophene rings is 1. The van der Waals surface area contributed by atoms with E-state index in [1.54, 1.807) is 11.3 Å². The summed E-state index contributed by atoms with van der Waals surface area (Å²) in [7, 11) is 0. The first kappa shape index (κ1) is 16.3. The molecule has 1 atom stereocenters. The number of rotatable bonds is 3. The lowest BCUT2D eigenvalue weighted by atomic mass is 9.83. The van der Waals surface area contributed by atoms with Gasteiger partial charge in [-0.25, -0.2) is 0 Å². The van der Waals surface area contributed by atoms with Gasteiger partial charge in [-0.1, -0.05) is 32.9 Å². The topological polar surface area (TPSA) is 20.2 Å². The summed E-state index contributed by atoms with van der Waals surface area (Å²) in [4.78, 5) is 1.21. The first-order valence-electron chi connectivity index (χ1n) is 7.53. The Morgan fingerprint density at radius 3 is 2.10 bits per heavy atom. The first-order valence-corrected chi connectivity index (χ1v) is 8.40. The lowest BCUT2D eigenvalue weighted by Gasteiger charge is -2.23. The highest BCUT2D eigenvalue weighted by molar-refractivity contribution is 7.10. The van der Waals surface area contributed by atoms with Gasteiger partial charge in [-0.05, 0) is 65.4 Å². The summed E-state index contributed by atoms with van der Waals surface area (Å²) in [6.07, 6.45) is 0.286. The SMILES string of the molecule is Cc1cc(C(C)(C)C)cc(C)c1CC(O)c1ccsc1C. The minimum absolute atomic E-state index is 0.163. The van der Waals surface area contributed by atoms with Gasteiger partial charge in [0, 0.05) is 11.3 Å². The van der Waals surface area contributed by atoms with Crippen LogP contribution in [0.5, 0.6) is 0 Å². The zero-order valence-electron chi connectivity index (χ0n) is 13.9. The summed E-state index contributed by atoms with van der Waals surface area (Å²) >= 11 is 1.70. The maximum atomic E-state index is 10.5. The molecule has 2 aromatic rings. The van der Waals surface area contributed by atoms with Crippen LogP contribution in [-0.4, -0.2) is 5.11 Å². The molecule has 0 amide bonds. The van der Waals surface area contributed by atoms with E-state index in [2.05, 4.69) is 59.1 Å². The Hall–Kier alpha value is -1.12. The predicted molar refractivity (Wildman–Crippen MR) is 92.3 cm³/mol. The summed E-state index contributed by atoms with van der Waals surface area (Å²) < 4.78 is 0. The Morgan fingerprint density at radius 2 is 1.67 bits per heavy atom. The summed E-state index contributed by atoms with van der Waals surface area (Å²) in [5.74, 6) is 0. The average molecular weight is 302 g/mol. The van der Waals surface area contributed by atoms with Crippen LogP contribution in [0.3, 0.4) is 0 Å². The highest BCUT2D eigenvalue weighted by atomic mass is 32.1. The maximum absolute atomic E-state index is 10.5. The molecule has 0 aliphatic heterocycles. The van der Waals surface area contributed by atoms with Crippen molar-refractivity contribution in [1.82, 2.24) is 0 Å². The molecule has 0 aliphatic rings. The lowest BCUT2D eigenvalue weighted by Crippen LogP contribution is -2.13. The van der Waals surface area contributed by atoms with E-state index in [1.165, 1.54) is 27.1 Å². The van der Waals surface area contributed by atoms with E-state index in [1.807, 2.05) is 6.07 Å². The van der Waals surface area contributed by atoms with Gasteiger partial charge in [0.2, 0.25) is 0 Å². The van der Waals surface area contributed by atoms with E-state index in [0.717, 1.165) is 5.56 Å². The number of hydrogen-bond acceptors (Lipinski definition) is 2. The summed E-state index contributed by atoms with van der Waals surface area (Å²) in [5.41, 5.74) is 6.44. The van der Waals surface area contributed by atoms with Crippen LogP contribution in [0.2, 0.25) is 0 Å². The minimum Gasteiger partial charge on any atom is -0.388 e. The molecule has 0 bridgehead atoms. The predicted octanol–water partition coefficient (Wildman–Crippen LogP) is 5.25. The van der Waals surface area contributed by atoms with Crippen molar-refractivity contribution >= 4 is 11.3 Å². The van der Waals surface area contributed by atoms with Crippen LogP contribution in [-0.2, 0) is 11.8 Å². The second-order valence-electron chi connectivity index (χ2n) is 6.99. The summed E-state index contributed by atoms with van der Waals surface area (Å²) in [5, 5.41) is 12.6. The van der Waals surface area contributed by atoms with Gasteiger partial charge in [-0.15, -0.1) is 11.3 Å². The highest BCUT2D eigenvalue weighted by Crippen LogP contribution is 2.31. The molecule has 2 heteroatoms. The van der Waals surface area contributed by atoms with Crippen LogP contribution >= 0.6 is 11.3 Å². The van der Waals surface area contributed by atoms with E-state index in [9.17, 15) is 5.11 Å². The monoisotopic (exact) mass is 302 g/mol. The molecule has 0 aliphatic carbocycles. The number of aliphatic hydroxyl groups is 1. The van der Waals surface area contributed by atoms with Gasteiger partial charge >= 0.3 is 0 Å². The van der Waals surface area contributed by atoms with Crippen molar-refractivity contribution in [2.45, 2.75) is 59.5 Å². The molecule has 21 heavy (non-hydrogen) atoms. The van der Waals surface area contributed by atoms with Crippen LogP contribution < -0.4 is 0 Å². The lowest BCUT2D eigenvalue weighted by molar-refractivity contribution is 0.178. The van der Waals surface area contributed by atoms with Crippen molar-refractivity contribution in [2.75, 3.05) is 0 Å². The molecule has 1 nitrogen and oxygen atoms in total. The molecular weight excluding hydrogens is 276 g/mol. The van der Waals surface area contributed by atoms with Crippen LogP contribution in [0.25, 0.3) is 0 Å². The van der Waals surface area contributed by atoms with E-state index in [0.29, 0.717) is 6.42 Å². The summed E-state index contributed by atoms with van der Waals surface area (Å²) in [6, 6.07) is 6.59. The van der Waals surface area contributed by atoms with Gasteiger partial charge in [0.15, 0.2) is 0 Å². The standard InChI is InChI=1S/C19H26OS/c1-12-9-15(19(4,5)6)10-13(2)17(12)11-18(20)16-7-8-21-14(16)3/h7-10,18,20H,11H2,1-6H3. The average Bonchev–Trinajstić information content (AvgIpc) is 2.78. The fourth-order valence-corrected chi connectivity index (χ4v) is 3.55. The molecule has 1 heterocycles.